The van der Waals surface area contributed by atoms with Crippen molar-refractivity contribution in [3.63, 3.8) is 0 Å². The fourth-order valence-corrected chi connectivity index (χ4v) is 3.54. The van der Waals surface area contributed by atoms with E-state index in [9.17, 15) is 5.26 Å². The molecule has 2 aromatic carbocycles. The van der Waals surface area contributed by atoms with Gasteiger partial charge in [-0.3, -0.25) is 4.57 Å². The number of allylic oxidation sites excluding steroid dienone is 1. The van der Waals surface area contributed by atoms with E-state index >= 15 is 0 Å². The van der Waals surface area contributed by atoms with Crippen LogP contribution in [0.25, 0.3) is 11.4 Å². The summed E-state index contributed by atoms with van der Waals surface area (Å²) in [5.41, 5.74) is 3.92. The van der Waals surface area contributed by atoms with E-state index in [2.05, 4.69) is 46.5 Å². The molecule has 0 aliphatic rings. The number of hydrogen-bond donors (Lipinski definition) is 0. The van der Waals surface area contributed by atoms with Gasteiger partial charge >= 0.3 is 0 Å². The lowest BCUT2D eigenvalue weighted by Gasteiger charge is -2.08. The molecule has 0 saturated heterocycles. The molecule has 25 heavy (non-hydrogen) atoms. The van der Waals surface area contributed by atoms with Gasteiger partial charge in [-0.2, -0.15) is 5.26 Å². The van der Waals surface area contributed by atoms with Crippen molar-refractivity contribution >= 4 is 11.8 Å². The van der Waals surface area contributed by atoms with Gasteiger partial charge in [-0.25, -0.2) is 0 Å². The Morgan fingerprint density at radius 1 is 1.20 bits per heavy atom. The Balaban J connectivity index is 1.89. The topological polar surface area (TPSA) is 54.5 Å². The van der Waals surface area contributed by atoms with Gasteiger partial charge in [0.2, 0.25) is 0 Å². The molecular weight excluding hydrogens is 328 g/mol. The molecular formula is C20H18N4S. The fraction of sp³-hybridized carbons (Fsp3) is 0.150. The lowest BCUT2D eigenvalue weighted by Crippen LogP contribution is -2.01. The van der Waals surface area contributed by atoms with Gasteiger partial charge in [-0.05, 0) is 24.6 Å². The molecule has 0 radical (unpaired) electrons. The van der Waals surface area contributed by atoms with Crippen LogP contribution >= 0.6 is 11.8 Å². The normalized spacial score (nSPS) is 10.4. The van der Waals surface area contributed by atoms with Crippen molar-refractivity contribution in [3.05, 3.63) is 77.9 Å². The second-order valence-corrected chi connectivity index (χ2v) is 6.58. The average Bonchev–Trinajstić information content (AvgIpc) is 3.03. The number of aryl methyl sites for hydroxylation is 1. The fourth-order valence-electron chi connectivity index (χ4n) is 2.58. The van der Waals surface area contributed by atoms with Crippen molar-refractivity contribution in [2.24, 2.45) is 0 Å². The Morgan fingerprint density at radius 2 is 2.04 bits per heavy atom. The molecule has 0 atom stereocenters. The van der Waals surface area contributed by atoms with Crippen LogP contribution in [0.3, 0.4) is 0 Å². The van der Waals surface area contributed by atoms with Crippen molar-refractivity contribution in [3.8, 4) is 17.5 Å². The Bertz CT molecular complexity index is 937. The van der Waals surface area contributed by atoms with Gasteiger partial charge in [0.1, 0.15) is 0 Å². The van der Waals surface area contributed by atoms with E-state index in [1.807, 2.05) is 42.5 Å². The minimum absolute atomic E-state index is 0.637. The van der Waals surface area contributed by atoms with Crippen LogP contribution in [-0.2, 0) is 12.3 Å². The van der Waals surface area contributed by atoms with Gasteiger partial charge in [-0.1, -0.05) is 59.8 Å². The zero-order chi connectivity index (χ0) is 17.6. The summed E-state index contributed by atoms with van der Waals surface area (Å²) >= 11 is 1.58. The molecule has 0 fully saturated rings. The summed E-state index contributed by atoms with van der Waals surface area (Å²) < 4.78 is 2.06. The minimum Gasteiger partial charge on any atom is -0.298 e. The average molecular weight is 346 g/mol. The van der Waals surface area contributed by atoms with Crippen molar-refractivity contribution in [1.82, 2.24) is 14.8 Å². The summed E-state index contributed by atoms with van der Waals surface area (Å²) in [7, 11) is 0. The maximum atomic E-state index is 9.23. The molecule has 1 aromatic heterocycles. The first-order valence-electron chi connectivity index (χ1n) is 7.95. The first-order valence-corrected chi connectivity index (χ1v) is 8.93. The second-order valence-electron chi connectivity index (χ2n) is 5.63. The highest BCUT2D eigenvalue weighted by atomic mass is 32.2. The largest absolute Gasteiger partial charge is 0.298 e. The van der Waals surface area contributed by atoms with Crippen LogP contribution in [0.4, 0.5) is 0 Å². The van der Waals surface area contributed by atoms with E-state index in [0.717, 1.165) is 22.1 Å². The SMILES string of the molecule is C=CCn1c(SCc2ccccc2C#N)nnc1-c1cccc(C)c1. The molecule has 124 valence electrons. The third kappa shape index (κ3) is 3.81. The number of benzene rings is 2. The molecule has 5 heteroatoms. The van der Waals surface area contributed by atoms with E-state index in [-0.39, 0.29) is 0 Å². The highest BCUT2D eigenvalue weighted by Crippen LogP contribution is 2.27. The summed E-state index contributed by atoms with van der Waals surface area (Å²) in [5, 5.41) is 18.8. The Morgan fingerprint density at radius 3 is 2.80 bits per heavy atom. The zero-order valence-electron chi connectivity index (χ0n) is 14.0. The van der Waals surface area contributed by atoms with Gasteiger partial charge in [0.05, 0.1) is 11.6 Å². The van der Waals surface area contributed by atoms with Crippen LogP contribution in [0.2, 0.25) is 0 Å². The van der Waals surface area contributed by atoms with Gasteiger partial charge < -0.3 is 0 Å². The molecule has 0 aliphatic heterocycles. The number of nitriles is 1. The smallest absolute Gasteiger partial charge is 0.192 e. The highest BCUT2D eigenvalue weighted by Gasteiger charge is 2.14. The van der Waals surface area contributed by atoms with Gasteiger partial charge in [0.15, 0.2) is 11.0 Å². The molecule has 0 aliphatic carbocycles. The van der Waals surface area contributed by atoms with Crippen molar-refractivity contribution < 1.29 is 0 Å². The minimum atomic E-state index is 0.637. The van der Waals surface area contributed by atoms with Crippen LogP contribution in [0.1, 0.15) is 16.7 Å². The van der Waals surface area contributed by atoms with E-state index in [4.69, 9.17) is 0 Å². The molecule has 4 nitrogen and oxygen atoms in total. The zero-order valence-corrected chi connectivity index (χ0v) is 14.8. The molecule has 0 spiro atoms. The van der Waals surface area contributed by atoms with Crippen LogP contribution in [-0.4, -0.2) is 14.8 Å². The summed E-state index contributed by atoms with van der Waals surface area (Å²) in [6.45, 7) is 6.55. The van der Waals surface area contributed by atoms with Crippen LogP contribution in [0.5, 0.6) is 0 Å². The molecule has 3 rings (SSSR count). The maximum absolute atomic E-state index is 9.23. The predicted molar refractivity (Wildman–Crippen MR) is 101 cm³/mol. The summed E-state index contributed by atoms with van der Waals surface area (Å²) in [6.07, 6.45) is 1.84. The molecule has 3 aromatic rings. The molecule has 1 heterocycles. The van der Waals surface area contributed by atoms with Crippen molar-refractivity contribution in [1.29, 1.82) is 5.26 Å². The molecule has 0 bridgehead atoms. The third-order valence-corrected chi connectivity index (χ3v) is 4.81. The number of hydrogen-bond acceptors (Lipinski definition) is 4. The summed E-state index contributed by atoms with van der Waals surface area (Å²) in [4.78, 5) is 0. The Kier molecular flexibility index (Phi) is 5.32. The standard InChI is InChI=1S/C20H18N4S/c1-3-11-24-19(16-10-6-7-15(2)12-16)22-23-20(24)25-14-18-9-5-4-8-17(18)13-21/h3-10,12H,1,11,14H2,2H3. The first-order chi connectivity index (χ1) is 12.2. The van der Waals surface area contributed by atoms with E-state index in [1.54, 1.807) is 11.8 Å². The first kappa shape index (κ1) is 17.0. The number of aromatic nitrogens is 3. The van der Waals surface area contributed by atoms with E-state index in [0.29, 0.717) is 17.9 Å². The van der Waals surface area contributed by atoms with Crippen molar-refractivity contribution in [2.45, 2.75) is 24.4 Å². The number of rotatable bonds is 6. The number of thioether (sulfide) groups is 1. The van der Waals surface area contributed by atoms with E-state index < -0.39 is 0 Å². The third-order valence-electron chi connectivity index (χ3n) is 3.80. The van der Waals surface area contributed by atoms with Crippen LogP contribution in [0, 0.1) is 18.3 Å². The molecule has 0 amide bonds. The monoisotopic (exact) mass is 346 g/mol. The van der Waals surface area contributed by atoms with Crippen molar-refractivity contribution in [2.75, 3.05) is 0 Å². The van der Waals surface area contributed by atoms with Gasteiger partial charge in [-0.15, -0.1) is 16.8 Å². The Hall–Kier alpha value is -2.84. The predicted octanol–water partition coefficient (Wildman–Crippen LogP) is 4.60. The van der Waals surface area contributed by atoms with Crippen LogP contribution in [0.15, 0.2) is 66.3 Å². The summed E-state index contributed by atoms with van der Waals surface area (Å²) in [5.74, 6) is 1.51. The Labute approximate surface area is 151 Å². The van der Waals surface area contributed by atoms with Crippen LogP contribution < -0.4 is 0 Å². The molecule has 0 unspecified atom stereocenters. The second kappa shape index (κ2) is 7.82. The highest BCUT2D eigenvalue weighted by molar-refractivity contribution is 7.98. The quantitative estimate of drug-likeness (QED) is 0.483. The summed E-state index contributed by atoms with van der Waals surface area (Å²) in [6, 6.07) is 18.1. The van der Waals surface area contributed by atoms with E-state index in [1.165, 1.54) is 5.56 Å². The lowest BCUT2D eigenvalue weighted by molar-refractivity contribution is 0.731. The number of nitrogens with zero attached hydrogens (tertiary/aromatic N) is 4. The molecule has 0 N–H and O–H groups in total. The van der Waals surface area contributed by atoms with Gasteiger partial charge in [0, 0.05) is 17.9 Å². The lowest BCUT2D eigenvalue weighted by atomic mass is 10.1. The molecule has 0 saturated carbocycles. The van der Waals surface area contributed by atoms with Gasteiger partial charge in [0.25, 0.3) is 0 Å². The maximum Gasteiger partial charge on any atom is 0.192 e.